The molecule has 1 fully saturated rings. The summed E-state index contributed by atoms with van der Waals surface area (Å²) < 4.78 is 0. The van der Waals surface area contributed by atoms with Crippen LogP contribution in [0.1, 0.15) is 11.1 Å². The Hall–Kier alpha value is -1.66. The van der Waals surface area contributed by atoms with E-state index in [0.717, 1.165) is 18.7 Å². The predicted molar refractivity (Wildman–Crippen MR) is 56.8 cm³/mol. The van der Waals surface area contributed by atoms with Crippen LogP contribution in [0.5, 0.6) is 0 Å². The summed E-state index contributed by atoms with van der Waals surface area (Å²) in [5, 5.41) is 12.2. The number of hydrogen-bond acceptors (Lipinski definition) is 3. The van der Waals surface area contributed by atoms with Crippen molar-refractivity contribution < 1.29 is 0 Å². The first-order valence-electron chi connectivity index (χ1n) is 5.16. The van der Waals surface area contributed by atoms with Crippen molar-refractivity contribution in [1.82, 2.24) is 10.3 Å². The summed E-state index contributed by atoms with van der Waals surface area (Å²) in [4.78, 5) is 4.09. The molecule has 0 unspecified atom stereocenters. The van der Waals surface area contributed by atoms with Gasteiger partial charge in [-0.3, -0.25) is 4.98 Å². The molecule has 74 valence electrons. The maximum atomic E-state index is 8.80. The Morgan fingerprint density at radius 2 is 2.33 bits per heavy atom. The summed E-state index contributed by atoms with van der Waals surface area (Å²) in [5.74, 6) is 1.34. The average molecular weight is 197 g/mol. The normalized spacial score (nSPS) is 27.5. The number of nitriles is 1. The van der Waals surface area contributed by atoms with E-state index in [1.54, 1.807) is 6.20 Å². The molecule has 0 aromatic carbocycles. The second-order valence-corrected chi connectivity index (χ2v) is 4.12. The van der Waals surface area contributed by atoms with Crippen LogP contribution in [0.3, 0.4) is 0 Å². The van der Waals surface area contributed by atoms with E-state index in [1.165, 1.54) is 5.57 Å². The average Bonchev–Trinajstić information content (AvgIpc) is 2.61. The lowest BCUT2D eigenvalue weighted by molar-refractivity contribution is 0.564. The van der Waals surface area contributed by atoms with Gasteiger partial charge in [-0.15, -0.1) is 0 Å². The Bertz CT molecular complexity index is 470. The highest BCUT2D eigenvalue weighted by Gasteiger charge is 2.36. The maximum absolute atomic E-state index is 8.80. The second-order valence-electron chi connectivity index (χ2n) is 4.12. The van der Waals surface area contributed by atoms with Gasteiger partial charge >= 0.3 is 0 Å². The predicted octanol–water partition coefficient (Wildman–Crippen LogP) is 1.19. The zero-order valence-corrected chi connectivity index (χ0v) is 8.27. The highest BCUT2D eigenvalue weighted by atomic mass is 14.9. The van der Waals surface area contributed by atoms with Crippen LogP contribution in [0.2, 0.25) is 0 Å². The molecule has 2 atom stereocenters. The van der Waals surface area contributed by atoms with Crippen LogP contribution in [-0.4, -0.2) is 18.1 Å². The SMILES string of the molecule is N#Cc1cncc(C2=C[C@H]3CNC[C@@H]23)c1. The zero-order valence-electron chi connectivity index (χ0n) is 8.27. The van der Waals surface area contributed by atoms with Crippen LogP contribution >= 0.6 is 0 Å². The van der Waals surface area contributed by atoms with Gasteiger partial charge in [-0.1, -0.05) is 6.08 Å². The van der Waals surface area contributed by atoms with Gasteiger partial charge in [-0.2, -0.15) is 5.26 Å². The van der Waals surface area contributed by atoms with Gasteiger partial charge in [0.2, 0.25) is 0 Å². The van der Waals surface area contributed by atoms with Crippen molar-refractivity contribution in [2.75, 3.05) is 13.1 Å². The number of rotatable bonds is 1. The van der Waals surface area contributed by atoms with Gasteiger partial charge in [0.15, 0.2) is 0 Å². The second kappa shape index (κ2) is 3.18. The number of pyridine rings is 1. The lowest BCUT2D eigenvalue weighted by Crippen LogP contribution is -2.22. The minimum Gasteiger partial charge on any atom is -0.315 e. The summed E-state index contributed by atoms with van der Waals surface area (Å²) in [7, 11) is 0. The van der Waals surface area contributed by atoms with Crippen molar-refractivity contribution in [3.8, 4) is 6.07 Å². The highest BCUT2D eigenvalue weighted by molar-refractivity contribution is 5.74. The molecule has 2 heterocycles. The standard InChI is InChI=1S/C12H11N3/c13-3-8-1-9(5-14-4-8)11-2-10-6-15-7-12(10)11/h1-2,4-5,10,12,15H,6-7H2/t10-,12+/m0/s1. The molecular weight excluding hydrogens is 186 g/mol. The topological polar surface area (TPSA) is 48.7 Å². The first-order chi connectivity index (χ1) is 7.38. The molecule has 15 heavy (non-hydrogen) atoms. The van der Waals surface area contributed by atoms with E-state index in [4.69, 9.17) is 5.26 Å². The minimum atomic E-state index is 0.640. The van der Waals surface area contributed by atoms with E-state index >= 15 is 0 Å². The quantitative estimate of drug-likeness (QED) is 0.735. The molecule has 1 aliphatic carbocycles. The molecule has 2 aliphatic rings. The van der Waals surface area contributed by atoms with Crippen molar-refractivity contribution in [2.45, 2.75) is 0 Å². The fourth-order valence-corrected chi connectivity index (χ4v) is 2.42. The highest BCUT2D eigenvalue weighted by Crippen LogP contribution is 2.42. The number of fused-ring (bicyclic) bond motifs is 1. The van der Waals surface area contributed by atoms with Crippen molar-refractivity contribution in [3.63, 3.8) is 0 Å². The summed E-state index contributed by atoms with van der Waals surface area (Å²) in [6.07, 6.45) is 5.75. The van der Waals surface area contributed by atoms with Gasteiger partial charge in [-0.25, -0.2) is 0 Å². The Morgan fingerprint density at radius 1 is 1.40 bits per heavy atom. The van der Waals surface area contributed by atoms with Gasteiger partial charge in [0.05, 0.1) is 5.56 Å². The zero-order chi connectivity index (χ0) is 10.3. The lowest BCUT2D eigenvalue weighted by Gasteiger charge is -2.29. The number of nitrogens with zero attached hydrogens (tertiary/aromatic N) is 2. The first kappa shape index (κ1) is 8.63. The maximum Gasteiger partial charge on any atom is 0.101 e. The van der Waals surface area contributed by atoms with E-state index < -0.39 is 0 Å². The minimum absolute atomic E-state index is 0.640. The summed E-state index contributed by atoms with van der Waals surface area (Å²) in [5.41, 5.74) is 3.11. The molecule has 0 bridgehead atoms. The van der Waals surface area contributed by atoms with E-state index in [9.17, 15) is 0 Å². The van der Waals surface area contributed by atoms with Crippen molar-refractivity contribution in [1.29, 1.82) is 5.26 Å². The fraction of sp³-hybridized carbons (Fsp3) is 0.333. The van der Waals surface area contributed by atoms with E-state index in [-0.39, 0.29) is 0 Å². The molecule has 3 rings (SSSR count). The monoisotopic (exact) mass is 197 g/mol. The van der Waals surface area contributed by atoms with E-state index in [1.807, 2.05) is 12.3 Å². The third-order valence-electron chi connectivity index (χ3n) is 3.25. The van der Waals surface area contributed by atoms with E-state index in [0.29, 0.717) is 17.4 Å². The van der Waals surface area contributed by atoms with Gasteiger partial charge in [0.25, 0.3) is 0 Å². The molecule has 0 radical (unpaired) electrons. The molecule has 3 nitrogen and oxygen atoms in total. The summed E-state index contributed by atoms with van der Waals surface area (Å²) in [6, 6.07) is 4.05. The molecule has 3 heteroatoms. The Balaban J connectivity index is 1.95. The van der Waals surface area contributed by atoms with Gasteiger partial charge < -0.3 is 5.32 Å². The number of aromatic nitrogens is 1. The summed E-state index contributed by atoms with van der Waals surface area (Å²) in [6.45, 7) is 2.16. The van der Waals surface area contributed by atoms with Gasteiger partial charge in [0.1, 0.15) is 6.07 Å². The Kier molecular flexibility index (Phi) is 1.83. The molecule has 1 saturated heterocycles. The molecule has 1 N–H and O–H groups in total. The molecule has 1 aliphatic heterocycles. The third-order valence-corrected chi connectivity index (χ3v) is 3.25. The van der Waals surface area contributed by atoms with Gasteiger partial charge in [-0.05, 0) is 23.1 Å². The largest absolute Gasteiger partial charge is 0.315 e. The molecular formula is C12H11N3. The molecule has 1 aromatic rings. The van der Waals surface area contributed by atoms with Crippen LogP contribution in [0.25, 0.3) is 5.57 Å². The Labute approximate surface area is 88.4 Å². The molecule has 0 amide bonds. The van der Waals surface area contributed by atoms with E-state index in [2.05, 4.69) is 22.4 Å². The van der Waals surface area contributed by atoms with Crippen molar-refractivity contribution in [3.05, 3.63) is 35.7 Å². The van der Waals surface area contributed by atoms with Crippen molar-refractivity contribution >= 4 is 5.57 Å². The number of hydrogen-bond donors (Lipinski definition) is 1. The Morgan fingerprint density at radius 3 is 3.13 bits per heavy atom. The third kappa shape index (κ3) is 1.26. The smallest absolute Gasteiger partial charge is 0.101 e. The van der Waals surface area contributed by atoms with Crippen molar-refractivity contribution in [2.24, 2.45) is 11.8 Å². The molecule has 0 saturated carbocycles. The molecule has 0 spiro atoms. The fourth-order valence-electron chi connectivity index (χ4n) is 2.42. The van der Waals surface area contributed by atoms with Crippen LogP contribution in [-0.2, 0) is 0 Å². The lowest BCUT2D eigenvalue weighted by atomic mass is 9.74. The molecule has 1 aromatic heterocycles. The van der Waals surface area contributed by atoms with Crippen LogP contribution in [0, 0.1) is 23.2 Å². The van der Waals surface area contributed by atoms with Gasteiger partial charge in [0, 0.05) is 31.4 Å². The van der Waals surface area contributed by atoms with Crippen LogP contribution in [0.15, 0.2) is 24.5 Å². The summed E-state index contributed by atoms with van der Waals surface area (Å²) >= 11 is 0. The van der Waals surface area contributed by atoms with Crippen LogP contribution in [0.4, 0.5) is 0 Å². The van der Waals surface area contributed by atoms with Crippen LogP contribution < -0.4 is 5.32 Å². The first-order valence-corrected chi connectivity index (χ1v) is 5.16. The number of nitrogens with one attached hydrogen (secondary N) is 1.